The summed E-state index contributed by atoms with van der Waals surface area (Å²) in [5, 5.41) is 0. The SMILES string of the molecule is C=C(C)C(=O)OCC(CCC(C)(C)CC(C)C)C(C)CC(C)(C)C. The molecule has 24 heavy (non-hydrogen) atoms. The van der Waals surface area contributed by atoms with Gasteiger partial charge in [-0.3, -0.25) is 0 Å². The van der Waals surface area contributed by atoms with Crippen LogP contribution in [0.5, 0.6) is 0 Å². The van der Waals surface area contributed by atoms with Crippen molar-refractivity contribution in [3.05, 3.63) is 12.2 Å². The third-order valence-electron chi connectivity index (χ3n) is 4.67. The fourth-order valence-electron chi connectivity index (χ4n) is 3.75. The van der Waals surface area contributed by atoms with Gasteiger partial charge in [0.2, 0.25) is 0 Å². The van der Waals surface area contributed by atoms with Crippen LogP contribution in [0.4, 0.5) is 0 Å². The molecule has 0 aromatic heterocycles. The third kappa shape index (κ3) is 10.9. The molecule has 0 aliphatic rings. The minimum absolute atomic E-state index is 0.260. The van der Waals surface area contributed by atoms with Crippen LogP contribution in [0.1, 0.15) is 88.0 Å². The van der Waals surface area contributed by atoms with E-state index in [0.717, 1.165) is 12.8 Å². The monoisotopic (exact) mass is 338 g/mol. The number of esters is 1. The Morgan fingerprint density at radius 3 is 2.00 bits per heavy atom. The van der Waals surface area contributed by atoms with Crippen LogP contribution in [0, 0.1) is 28.6 Å². The van der Waals surface area contributed by atoms with E-state index in [0.29, 0.717) is 40.8 Å². The molecule has 0 spiro atoms. The van der Waals surface area contributed by atoms with Crippen molar-refractivity contribution in [3.63, 3.8) is 0 Å². The minimum Gasteiger partial charge on any atom is -0.462 e. The molecule has 0 fully saturated rings. The van der Waals surface area contributed by atoms with Crippen molar-refractivity contribution in [1.82, 2.24) is 0 Å². The highest BCUT2D eigenvalue weighted by Gasteiger charge is 2.27. The summed E-state index contributed by atoms with van der Waals surface area (Å²) in [6.07, 6.45) is 4.67. The first-order valence-corrected chi connectivity index (χ1v) is 9.56. The molecular weight excluding hydrogens is 296 g/mol. The van der Waals surface area contributed by atoms with Gasteiger partial charge in [0.05, 0.1) is 6.61 Å². The van der Waals surface area contributed by atoms with Crippen LogP contribution >= 0.6 is 0 Å². The summed E-state index contributed by atoms with van der Waals surface area (Å²) in [7, 11) is 0. The van der Waals surface area contributed by atoms with Crippen LogP contribution in [-0.2, 0) is 9.53 Å². The van der Waals surface area contributed by atoms with Crippen LogP contribution in [-0.4, -0.2) is 12.6 Å². The maximum Gasteiger partial charge on any atom is 0.333 e. The maximum atomic E-state index is 11.8. The normalized spacial score (nSPS) is 15.2. The summed E-state index contributed by atoms with van der Waals surface area (Å²) in [6, 6.07) is 0. The lowest BCUT2D eigenvalue weighted by molar-refractivity contribution is -0.141. The third-order valence-corrected chi connectivity index (χ3v) is 4.67. The van der Waals surface area contributed by atoms with Gasteiger partial charge in [-0.05, 0) is 61.2 Å². The maximum absolute atomic E-state index is 11.8. The highest BCUT2D eigenvalue weighted by Crippen LogP contribution is 2.36. The Hall–Kier alpha value is -0.790. The number of ether oxygens (including phenoxy) is 1. The second-order valence-electron chi connectivity index (χ2n) is 10.2. The fourth-order valence-corrected chi connectivity index (χ4v) is 3.75. The molecule has 2 atom stereocenters. The van der Waals surface area contributed by atoms with E-state index >= 15 is 0 Å². The largest absolute Gasteiger partial charge is 0.462 e. The number of carbonyl (C=O) groups excluding carboxylic acids is 1. The zero-order chi connectivity index (χ0) is 19.1. The number of hydrogen-bond acceptors (Lipinski definition) is 2. The lowest BCUT2D eigenvalue weighted by Crippen LogP contribution is -2.26. The standard InChI is InChI=1S/C22H42O2/c1-16(2)13-22(9,10)12-11-19(15-24-20(23)17(3)4)18(5)14-21(6,7)8/h16,18-19H,3,11-15H2,1-2,4-10H3. The van der Waals surface area contributed by atoms with Crippen LogP contribution in [0.15, 0.2) is 12.2 Å². The van der Waals surface area contributed by atoms with Gasteiger partial charge in [-0.25, -0.2) is 4.79 Å². The average Bonchev–Trinajstić information content (AvgIpc) is 2.34. The summed E-state index contributed by atoms with van der Waals surface area (Å²) in [5.74, 6) is 1.41. The summed E-state index contributed by atoms with van der Waals surface area (Å²) in [4.78, 5) is 11.8. The van der Waals surface area contributed by atoms with Crippen LogP contribution < -0.4 is 0 Å². The fraction of sp³-hybridized carbons (Fsp3) is 0.864. The first kappa shape index (κ1) is 23.2. The van der Waals surface area contributed by atoms with Gasteiger partial charge in [0.1, 0.15) is 0 Å². The predicted octanol–water partition coefficient (Wildman–Crippen LogP) is 6.65. The van der Waals surface area contributed by atoms with Crippen molar-refractivity contribution in [1.29, 1.82) is 0 Å². The average molecular weight is 339 g/mol. The van der Waals surface area contributed by atoms with Gasteiger partial charge in [-0.15, -0.1) is 0 Å². The van der Waals surface area contributed by atoms with E-state index in [1.807, 2.05) is 0 Å². The molecule has 0 saturated heterocycles. The van der Waals surface area contributed by atoms with E-state index in [1.165, 1.54) is 12.8 Å². The predicted molar refractivity (Wildman–Crippen MR) is 105 cm³/mol. The summed E-state index contributed by atoms with van der Waals surface area (Å²) in [5.41, 5.74) is 1.12. The number of hydrogen-bond donors (Lipinski definition) is 0. The topological polar surface area (TPSA) is 26.3 Å². The molecule has 0 aromatic rings. The lowest BCUT2D eigenvalue weighted by atomic mass is 9.74. The van der Waals surface area contributed by atoms with Crippen molar-refractivity contribution >= 4 is 5.97 Å². The Kier molecular flexibility index (Phi) is 9.31. The smallest absolute Gasteiger partial charge is 0.333 e. The van der Waals surface area contributed by atoms with Crippen molar-refractivity contribution in [2.75, 3.05) is 6.61 Å². The highest BCUT2D eigenvalue weighted by atomic mass is 16.5. The molecule has 2 unspecified atom stereocenters. The number of rotatable bonds is 10. The van der Waals surface area contributed by atoms with E-state index in [9.17, 15) is 4.79 Å². The van der Waals surface area contributed by atoms with Crippen molar-refractivity contribution in [3.8, 4) is 0 Å². The van der Waals surface area contributed by atoms with Crippen molar-refractivity contribution in [2.24, 2.45) is 28.6 Å². The van der Waals surface area contributed by atoms with Gasteiger partial charge >= 0.3 is 5.97 Å². The Morgan fingerprint density at radius 1 is 1.04 bits per heavy atom. The molecule has 0 heterocycles. The second-order valence-corrected chi connectivity index (χ2v) is 10.2. The van der Waals surface area contributed by atoms with Gasteiger partial charge in [-0.2, -0.15) is 0 Å². The lowest BCUT2D eigenvalue weighted by Gasteiger charge is -2.33. The number of carbonyl (C=O) groups is 1. The molecule has 0 N–H and O–H groups in total. The molecule has 0 aliphatic heterocycles. The Bertz CT molecular complexity index is 399. The van der Waals surface area contributed by atoms with E-state index < -0.39 is 0 Å². The van der Waals surface area contributed by atoms with Gasteiger partial charge in [-0.1, -0.05) is 62.0 Å². The molecular formula is C22H42O2. The molecule has 0 saturated carbocycles. The minimum atomic E-state index is -0.260. The Morgan fingerprint density at radius 2 is 1.58 bits per heavy atom. The Balaban J connectivity index is 4.84. The highest BCUT2D eigenvalue weighted by molar-refractivity contribution is 5.86. The zero-order valence-corrected chi connectivity index (χ0v) is 17.8. The quantitative estimate of drug-likeness (QED) is 0.329. The molecule has 0 rings (SSSR count). The van der Waals surface area contributed by atoms with Crippen LogP contribution in [0.2, 0.25) is 0 Å². The summed E-state index contributed by atoms with van der Waals surface area (Å²) < 4.78 is 5.51. The van der Waals surface area contributed by atoms with Gasteiger partial charge in [0, 0.05) is 5.57 Å². The van der Waals surface area contributed by atoms with E-state index in [2.05, 4.69) is 62.0 Å². The molecule has 2 nitrogen and oxygen atoms in total. The molecule has 0 aliphatic carbocycles. The second kappa shape index (κ2) is 9.63. The molecule has 2 heteroatoms. The van der Waals surface area contributed by atoms with Crippen LogP contribution in [0.25, 0.3) is 0 Å². The summed E-state index contributed by atoms with van der Waals surface area (Å²) >= 11 is 0. The molecule has 0 bridgehead atoms. The first-order valence-electron chi connectivity index (χ1n) is 9.56. The van der Waals surface area contributed by atoms with Gasteiger partial charge in [0.15, 0.2) is 0 Å². The zero-order valence-electron chi connectivity index (χ0n) is 17.8. The molecule has 0 amide bonds. The van der Waals surface area contributed by atoms with E-state index in [-0.39, 0.29) is 5.97 Å². The first-order chi connectivity index (χ1) is 10.7. The van der Waals surface area contributed by atoms with Crippen molar-refractivity contribution < 1.29 is 9.53 Å². The molecule has 0 aromatic carbocycles. The molecule has 0 radical (unpaired) electrons. The van der Waals surface area contributed by atoms with Crippen LogP contribution in [0.3, 0.4) is 0 Å². The summed E-state index contributed by atoms with van der Waals surface area (Å²) in [6.45, 7) is 24.3. The van der Waals surface area contributed by atoms with Gasteiger partial charge in [0.25, 0.3) is 0 Å². The Labute approximate surface area is 151 Å². The van der Waals surface area contributed by atoms with E-state index in [4.69, 9.17) is 4.74 Å². The van der Waals surface area contributed by atoms with E-state index in [1.54, 1.807) is 6.92 Å². The van der Waals surface area contributed by atoms with Crippen molar-refractivity contribution in [2.45, 2.75) is 88.0 Å². The molecule has 142 valence electrons. The van der Waals surface area contributed by atoms with Gasteiger partial charge < -0.3 is 4.74 Å².